The van der Waals surface area contributed by atoms with Gasteiger partial charge in [0.15, 0.2) is 0 Å². The fraction of sp³-hybridized carbons (Fsp3) is 0.500. The molecular weight excluding hydrogens is 265 g/mol. The van der Waals surface area contributed by atoms with Crippen LogP contribution in [-0.2, 0) is 0 Å². The Bertz CT molecular complexity index is 467. The molecule has 0 bridgehead atoms. The molecule has 1 fully saturated rings. The lowest BCUT2D eigenvalue weighted by Crippen LogP contribution is -2.29. The van der Waals surface area contributed by atoms with E-state index >= 15 is 0 Å². The zero-order valence-corrected chi connectivity index (χ0v) is 11.7. The van der Waals surface area contributed by atoms with Gasteiger partial charge in [-0.15, -0.1) is 0 Å². The van der Waals surface area contributed by atoms with Crippen molar-refractivity contribution in [3.05, 3.63) is 29.6 Å². The lowest BCUT2D eigenvalue weighted by Gasteiger charge is -2.29. The number of aromatic carboxylic acids is 1. The highest BCUT2D eigenvalue weighted by Gasteiger charge is 2.23. The third-order valence-electron chi connectivity index (χ3n) is 3.55. The Balaban J connectivity index is 2.14. The van der Waals surface area contributed by atoms with Crippen LogP contribution in [0, 0.1) is 5.82 Å². The number of nitrogens with one attached hydrogen (secondary N) is 1. The van der Waals surface area contributed by atoms with Gasteiger partial charge in [0, 0.05) is 11.3 Å². The predicted octanol–water partition coefficient (Wildman–Crippen LogP) is 3.61. The van der Waals surface area contributed by atoms with Crippen molar-refractivity contribution in [3.8, 4) is 0 Å². The van der Waals surface area contributed by atoms with E-state index in [-0.39, 0.29) is 11.6 Å². The van der Waals surface area contributed by atoms with Crippen molar-refractivity contribution >= 4 is 23.4 Å². The van der Waals surface area contributed by atoms with Crippen LogP contribution in [0.4, 0.5) is 10.1 Å². The maximum atomic E-state index is 13.6. The summed E-state index contributed by atoms with van der Waals surface area (Å²) in [5, 5.41) is 12.9. The van der Waals surface area contributed by atoms with Gasteiger partial charge >= 0.3 is 5.97 Å². The summed E-state index contributed by atoms with van der Waals surface area (Å²) >= 11 is 1.84. The van der Waals surface area contributed by atoms with Crippen LogP contribution in [0.1, 0.15) is 36.0 Å². The number of anilines is 1. The van der Waals surface area contributed by atoms with Gasteiger partial charge in [0.2, 0.25) is 0 Å². The highest BCUT2D eigenvalue weighted by molar-refractivity contribution is 7.99. The van der Waals surface area contributed by atoms with E-state index in [0.717, 1.165) is 19.3 Å². The van der Waals surface area contributed by atoms with Gasteiger partial charge in [-0.25, -0.2) is 9.18 Å². The van der Waals surface area contributed by atoms with Crippen molar-refractivity contribution < 1.29 is 14.3 Å². The van der Waals surface area contributed by atoms with Crippen LogP contribution in [0.3, 0.4) is 0 Å². The molecule has 0 heterocycles. The standard InChI is InChI=1S/C14H18FNO2S/c1-19-10-5-2-4-9(8-10)16-12-7-3-6-11(15)13(12)14(17)18/h3,6-7,9-10,16H,2,4-5,8H2,1H3,(H,17,18). The summed E-state index contributed by atoms with van der Waals surface area (Å²) in [7, 11) is 0. The first kappa shape index (κ1) is 14.2. The van der Waals surface area contributed by atoms with Crippen molar-refractivity contribution in [2.75, 3.05) is 11.6 Å². The topological polar surface area (TPSA) is 49.3 Å². The highest BCUT2D eigenvalue weighted by Crippen LogP contribution is 2.30. The van der Waals surface area contributed by atoms with E-state index in [2.05, 4.69) is 11.6 Å². The molecule has 3 nitrogen and oxygen atoms in total. The molecule has 0 radical (unpaired) electrons. The van der Waals surface area contributed by atoms with Gasteiger partial charge < -0.3 is 10.4 Å². The van der Waals surface area contributed by atoms with Crippen LogP contribution >= 0.6 is 11.8 Å². The van der Waals surface area contributed by atoms with Gasteiger partial charge in [-0.05, 0) is 37.7 Å². The molecule has 0 spiro atoms. The first-order valence-corrected chi connectivity index (χ1v) is 7.71. The Hall–Kier alpha value is -1.23. The van der Waals surface area contributed by atoms with Crippen molar-refractivity contribution in [1.82, 2.24) is 0 Å². The lowest BCUT2D eigenvalue weighted by molar-refractivity contribution is 0.0693. The van der Waals surface area contributed by atoms with E-state index in [4.69, 9.17) is 5.11 Å². The molecule has 1 aliphatic rings. The molecule has 1 aromatic rings. The van der Waals surface area contributed by atoms with Gasteiger partial charge in [-0.1, -0.05) is 12.5 Å². The SMILES string of the molecule is CSC1CCCC(Nc2cccc(F)c2C(=O)O)C1. The van der Waals surface area contributed by atoms with E-state index < -0.39 is 11.8 Å². The molecule has 1 aliphatic carbocycles. The molecule has 0 aromatic heterocycles. The molecule has 0 saturated heterocycles. The summed E-state index contributed by atoms with van der Waals surface area (Å²) in [4.78, 5) is 11.1. The van der Waals surface area contributed by atoms with Crippen LogP contribution in [-0.4, -0.2) is 28.6 Å². The number of rotatable bonds is 4. The molecule has 5 heteroatoms. The van der Waals surface area contributed by atoms with Gasteiger partial charge in [-0.3, -0.25) is 0 Å². The quantitative estimate of drug-likeness (QED) is 0.886. The zero-order chi connectivity index (χ0) is 13.8. The number of carboxylic acid groups (broad SMARTS) is 1. The van der Waals surface area contributed by atoms with Gasteiger partial charge in [0.25, 0.3) is 0 Å². The fourth-order valence-corrected chi connectivity index (χ4v) is 3.40. The van der Waals surface area contributed by atoms with Crippen LogP contribution < -0.4 is 5.32 Å². The van der Waals surface area contributed by atoms with Crippen LogP contribution in [0.2, 0.25) is 0 Å². The minimum absolute atomic E-state index is 0.228. The Morgan fingerprint density at radius 3 is 2.95 bits per heavy atom. The number of thioether (sulfide) groups is 1. The molecular formula is C14H18FNO2S. The molecule has 1 aromatic carbocycles. The van der Waals surface area contributed by atoms with Crippen molar-refractivity contribution in [3.63, 3.8) is 0 Å². The maximum Gasteiger partial charge on any atom is 0.340 e. The van der Waals surface area contributed by atoms with E-state index in [0.29, 0.717) is 10.9 Å². The average molecular weight is 283 g/mol. The van der Waals surface area contributed by atoms with Crippen molar-refractivity contribution in [1.29, 1.82) is 0 Å². The Kier molecular flexibility index (Phi) is 4.69. The molecule has 104 valence electrons. The van der Waals surface area contributed by atoms with Crippen LogP contribution in [0.25, 0.3) is 0 Å². The van der Waals surface area contributed by atoms with E-state index in [1.54, 1.807) is 12.1 Å². The number of carboxylic acids is 1. The second-order valence-corrected chi connectivity index (χ2v) is 5.97. The monoisotopic (exact) mass is 283 g/mol. The number of hydrogen-bond acceptors (Lipinski definition) is 3. The highest BCUT2D eigenvalue weighted by atomic mass is 32.2. The van der Waals surface area contributed by atoms with E-state index in [1.165, 1.54) is 12.5 Å². The summed E-state index contributed by atoms with van der Waals surface area (Å²) in [6.07, 6.45) is 6.43. The molecule has 0 amide bonds. The van der Waals surface area contributed by atoms with E-state index in [1.807, 2.05) is 11.8 Å². The first-order chi connectivity index (χ1) is 9.11. The number of halogens is 1. The minimum Gasteiger partial charge on any atom is -0.478 e. The number of benzene rings is 1. The third-order valence-corrected chi connectivity index (χ3v) is 4.64. The van der Waals surface area contributed by atoms with Gasteiger partial charge in [-0.2, -0.15) is 11.8 Å². The Morgan fingerprint density at radius 2 is 2.26 bits per heavy atom. The average Bonchev–Trinajstić information content (AvgIpc) is 2.38. The molecule has 19 heavy (non-hydrogen) atoms. The summed E-state index contributed by atoms with van der Waals surface area (Å²) in [6, 6.07) is 4.58. The van der Waals surface area contributed by atoms with Crippen LogP contribution in [0.5, 0.6) is 0 Å². The second-order valence-electron chi connectivity index (χ2n) is 4.83. The molecule has 2 unspecified atom stereocenters. The smallest absolute Gasteiger partial charge is 0.340 e. The Morgan fingerprint density at radius 1 is 1.47 bits per heavy atom. The predicted molar refractivity (Wildman–Crippen MR) is 76.5 cm³/mol. The summed E-state index contributed by atoms with van der Waals surface area (Å²) in [5.74, 6) is -1.91. The zero-order valence-electron chi connectivity index (χ0n) is 10.9. The molecule has 0 aliphatic heterocycles. The van der Waals surface area contributed by atoms with Crippen molar-refractivity contribution in [2.24, 2.45) is 0 Å². The molecule has 1 saturated carbocycles. The summed E-state index contributed by atoms with van der Waals surface area (Å²) < 4.78 is 13.6. The van der Waals surface area contributed by atoms with Gasteiger partial charge in [0.05, 0.1) is 5.69 Å². The van der Waals surface area contributed by atoms with Gasteiger partial charge in [0.1, 0.15) is 11.4 Å². The normalized spacial score (nSPS) is 23.1. The van der Waals surface area contributed by atoms with Crippen molar-refractivity contribution in [2.45, 2.75) is 37.0 Å². The van der Waals surface area contributed by atoms with Crippen LogP contribution in [0.15, 0.2) is 18.2 Å². The summed E-state index contributed by atoms with van der Waals surface area (Å²) in [5.41, 5.74) is 0.132. The Labute approximate surface area is 116 Å². The lowest BCUT2D eigenvalue weighted by atomic mass is 9.94. The second kappa shape index (κ2) is 6.28. The number of hydrogen-bond donors (Lipinski definition) is 2. The number of carbonyl (C=O) groups is 1. The first-order valence-electron chi connectivity index (χ1n) is 6.43. The maximum absolute atomic E-state index is 13.6. The fourth-order valence-electron chi connectivity index (χ4n) is 2.57. The molecule has 2 N–H and O–H groups in total. The largest absolute Gasteiger partial charge is 0.478 e. The molecule has 2 atom stereocenters. The summed E-state index contributed by atoms with van der Waals surface area (Å²) in [6.45, 7) is 0. The molecule has 2 rings (SSSR count). The third kappa shape index (κ3) is 3.41. The minimum atomic E-state index is -1.22. The van der Waals surface area contributed by atoms with E-state index in [9.17, 15) is 9.18 Å².